The monoisotopic (exact) mass is 319 g/mol. The second-order valence-corrected chi connectivity index (χ2v) is 5.22. The standard InChI is InChI=1S/C15H18BrN3/c1-12-14(16)8-9-15(18-12)19(11-5-10-17)13-6-3-2-4-7-13/h2-4,6-9H,5,10-11,17H2,1H3. The number of halogens is 1. The van der Waals surface area contributed by atoms with Crippen molar-refractivity contribution in [2.75, 3.05) is 18.0 Å². The fourth-order valence-electron chi connectivity index (χ4n) is 1.91. The van der Waals surface area contributed by atoms with E-state index in [-0.39, 0.29) is 0 Å². The third kappa shape index (κ3) is 3.55. The number of pyridine rings is 1. The lowest BCUT2D eigenvalue weighted by Gasteiger charge is -2.24. The Morgan fingerprint density at radius 1 is 1.16 bits per heavy atom. The molecule has 2 N–H and O–H groups in total. The highest BCUT2D eigenvalue weighted by atomic mass is 79.9. The van der Waals surface area contributed by atoms with Crippen LogP contribution in [0.1, 0.15) is 12.1 Å². The van der Waals surface area contributed by atoms with Crippen molar-refractivity contribution >= 4 is 27.4 Å². The Morgan fingerprint density at radius 2 is 1.89 bits per heavy atom. The molecule has 0 aliphatic heterocycles. The van der Waals surface area contributed by atoms with Gasteiger partial charge in [0.25, 0.3) is 0 Å². The molecule has 0 aliphatic rings. The van der Waals surface area contributed by atoms with E-state index in [2.05, 4.69) is 37.9 Å². The molecule has 100 valence electrons. The molecule has 0 radical (unpaired) electrons. The molecule has 0 saturated heterocycles. The Morgan fingerprint density at radius 3 is 2.53 bits per heavy atom. The number of hydrogen-bond acceptors (Lipinski definition) is 3. The molecule has 2 rings (SSSR count). The first-order valence-electron chi connectivity index (χ1n) is 6.38. The predicted molar refractivity (Wildman–Crippen MR) is 83.8 cm³/mol. The van der Waals surface area contributed by atoms with Crippen LogP contribution in [-0.2, 0) is 0 Å². The van der Waals surface area contributed by atoms with Gasteiger partial charge in [0.2, 0.25) is 0 Å². The second kappa shape index (κ2) is 6.68. The normalized spacial score (nSPS) is 10.5. The molecule has 0 amide bonds. The van der Waals surface area contributed by atoms with Gasteiger partial charge in [0, 0.05) is 16.7 Å². The molecule has 4 heteroatoms. The number of aromatic nitrogens is 1. The quantitative estimate of drug-likeness (QED) is 0.914. The van der Waals surface area contributed by atoms with Crippen molar-refractivity contribution in [2.24, 2.45) is 5.73 Å². The van der Waals surface area contributed by atoms with Gasteiger partial charge in [-0.2, -0.15) is 0 Å². The van der Waals surface area contributed by atoms with Crippen LogP contribution in [0.5, 0.6) is 0 Å². The zero-order valence-electron chi connectivity index (χ0n) is 11.0. The van der Waals surface area contributed by atoms with Gasteiger partial charge in [-0.25, -0.2) is 4.98 Å². The van der Waals surface area contributed by atoms with Crippen molar-refractivity contribution in [2.45, 2.75) is 13.3 Å². The fourth-order valence-corrected chi connectivity index (χ4v) is 2.14. The number of rotatable bonds is 5. The number of nitrogens with two attached hydrogens (primary N) is 1. The SMILES string of the molecule is Cc1nc(N(CCCN)c2ccccc2)ccc1Br. The summed E-state index contributed by atoms with van der Waals surface area (Å²) in [5.41, 5.74) is 7.77. The van der Waals surface area contributed by atoms with Crippen molar-refractivity contribution < 1.29 is 0 Å². The number of hydrogen-bond donors (Lipinski definition) is 1. The topological polar surface area (TPSA) is 42.2 Å². The zero-order chi connectivity index (χ0) is 13.7. The molecule has 0 saturated carbocycles. The van der Waals surface area contributed by atoms with Crippen molar-refractivity contribution in [3.63, 3.8) is 0 Å². The van der Waals surface area contributed by atoms with Crippen LogP contribution in [0, 0.1) is 6.92 Å². The van der Waals surface area contributed by atoms with E-state index in [0.717, 1.165) is 34.6 Å². The highest BCUT2D eigenvalue weighted by molar-refractivity contribution is 9.10. The predicted octanol–water partition coefficient (Wildman–Crippen LogP) is 3.64. The number of aryl methyl sites for hydroxylation is 1. The molecule has 2 aromatic rings. The summed E-state index contributed by atoms with van der Waals surface area (Å²) in [6, 6.07) is 14.3. The molecule has 19 heavy (non-hydrogen) atoms. The lowest BCUT2D eigenvalue weighted by molar-refractivity contribution is 0.808. The van der Waals surface area contributed by atoms with E-state index in [0.29, 0.717) is 6.54 Å². The summed E-state index contributed by atoms with van der Waals surface area (Å²) in [4.78, 5) is 6.84. The van der Waals surface area contributed by atoms with Crippen LogP contribution in [0.15, 0.2) is 46.9 Å². The van der Waals surface area contributed by atoms with Crippen LogP contribution >= 0.6 is 15.9 Å². The summed E-state index contributed by atoms with van der Waals surface area (Å²) in [6.07, 6.45) is 0.936. The van der Waals surface area contributed by atoms with Crippen LogP contribution in [0.2, 0.25) is 0 Å². The molecule has 0 spiro atoms. The molecule has 0 fully saturated rings. The minimum atomic E-state index is 0.679. The van der Waals surface area contributed by atoms with Crippen LogP contribution in [0.25, 0.3) is 0 Å². The van der Waals surface area contributed by atoms with Gasteiger partial charge in [-0.15, -0.1) is 0 Å². The lowest BCUT2D eigenvalue weighted by Crippen LogP contribution is -2.22. The highest BCUT2D eigenvalue weighted by Gasteiger charge is 2.10. The molecular formula is C15H18BrN3. The van der Waals surface area contributed by atoms with Crippen LogP contribution < -0.4 is 10.6 Å². The summed E-state index contributed by atoms with van der Waals surface area (Å²) in [7, 11) is 0. The van der Waals surface area contributed by atoms with Crippen molar-refractivity contribution in [3.8, 4) is 0 Å². The number of benzene rings is 1. The molecule has 0 unspecified atom stereocenters. The van der Waals surface area contributed by atoms with Gasteiger partial charge in [0.1, 0.15) is 5.82 Å². The number of para-hydroxylation sites is 1. The Bertz CT molecular complexity index is 528. The van der Waals surface area contributed by atoms with Crippen molar-refractivity contribution in [1.29, 1.82) is 0 Å². The maximum atomic E-state index is 5.63. The third-order valence-electron chi connectivity index (χ3n) is 2.94. The zero-order valence-corrected chi connectivity index (χ0v) is 12.6. The summed E-state index contributed by atoms with van der Waals surface area (Å²) >= 11 is 3.49. The Labute approximate surface area is 122 Å². The Hall–Kier alpha value is -1.39. The molecule has 0 aliphatic carbocycles. The maximum Gasteiger partial charge on any atom is 0.133 e. The van der Waals surface area contributed by atoms with Gasteiger partial charge in [-0.1, -0.05) is 18.2 Å². The molecule has 1 heterocycles. The first-order valence-corrected chi connectivity index (χ1v) is 7.17. The molecule has 0 bridgehead atoms. The van der Waals surface area contributed by atoms with Gasteiger partial charge in [-0.05, 0) is 60.1 Å². The van der Waals surface area contributed by atoms with Crippen molar-refractivity contribution in [1.82, 2.24) is 4.98 Å². The van der Waals surface area contributed by atoms with Gasteiger partial charge < -0.3 is 10.6 Å². The summed E-state index contributed by atoms with van der Waals surface area (Å²) in [6.45, 7) is 3.55. The lowest BCUT2D eigenvalue weighted by atomic mass is 10.2. The van der Waals surface area contributed by atoms with E-state index in [4.69, 9.17) is 5.73 Å². The van der Waals surface area contributed by atoms with E-state index in [1.165, 1.54) is 0 Å². The summed E-state index contributed by atoms with van der Waals surface area (Å²) in [5, 5.41) is 0. The van der Waals surface area contributed by atoms with Gasteiger partial charge in [0.15, 0.2) is 0 Å². The highest BCUT2D eigenvalue weighted by Crippen LogP contribution is 2.26. The molecular weight excluding hydrogens is 302 g/mol. The summed E-state index contributed by atoms with van der Waals surface area (Å²) < 4.78 is 1.03. The minimum absolute atomic E-state index is 0.679. The maximum absolute atomic E-state index is 5.63. The van der Waals surface area contributed by atoms with Crippen LogP contribution in [-0.4, -0.2) is 18.1 Å². The first-order chi connectivity index (χ1) is 9.22. The first kappa shape index (κ1) is 14.0. The molecule has 3 nitrogen and oxygen atoms in total. The molecule has 0 atom stereocenters. The van der Waals surface area contributed by atoms with Crippen LogP contribution in [0.4, 0.5) is 11.5 Å². The van der Waals surface area contributed by atoms with Gasteiger partial charge in [0.05, 0.1) is 5.69 Å². The second-order valence-electron chi connectivity index (χ2n) is 4.37. The van der Waals surface area contributed by atoms with Gasteiger partial charge >= 0.3 is 0 Å². The number of nitrogens with zero attached hydrogens (tertiary/aromatic N) is 2. The molecule has 1 aromatic carbocycles. The van der Waals surface area contributed by atoms with Gasteiger partial charge in [-0.3, -0.25) is 0 Å². The molecule has 1 aromatic heterocycles. The van der Waals surface area contributed by atoms with Crippen LogP contribution in [0.3, 0.4) is 0 Å². The van der Waals surface area contributed by atoms with E-state index in [9.17, 15) is 0 Å². The summed E-state index contributed by atoms with van der Waals surface area (Å²) in [5.74, 6) is 0.959. The van der Waals surface area contributed by atoms with E-state index >= 15 is 0 Å². The minimum Gasteiger partial charge on any atom is -0.330 e. The van der Waals surface area contributed by atoms with E-state index < -0.39 is 0 Å². The average Bonchev–Trinajstić information content (AvgIpc) is 2.44. The van der Waals surface area contributed by atoms with Crippen molar-refractivity contribution in [3.05, 3.63) is 52.6 Å². The fraction of sp³-hybridized carbons (Fsp3) is 0.267. The smallest absolute Gasteiger partial charge is 0.133 e. The van der Waals surface area contributed by atoms with E-state index in [1.54, 1.807) is 0 Å². The number of anilines is 2. The Balaban J connectivity index is 2.34. The largest absolute Gasteiger partial charge is 0.330 e. The third-order valence-corrected chi connectivity index (χ3v) is 3.78. The van der Waals surface area contributed by atoms with E-state index in [1.807, 2.05) is 37.3 Å². The average molecular weight is 320 g/mol. The Kier molecular flexibility index (Phi) is 4.93.